The largest absolute Gasteiger partial charge is 0.395 e. The molecule has 0 saturated heterocycles. The Kier molecular flexibility index (Phi) is 3.92. The van der Waals surface area contributed by atoms with Crippen LogP contribution in [-0.2, 0) is 6.61 Å². The third-order valence-corrected chi connectivity index (χ3v) is 3.12. The normalized spacial score (nSPS) is 10.5. The van der Waals surface area contributed by atoms with E-state index in [0.29, 0.717) is 21.7 Å². The van der Waals surface area contributed by atoms with Crippen molar-refractivity contribution in [2.45, 2.75) is 6.61 Å². The van der Waals surface area contributed by atoms with Gasteiger partial charge >= 0.3 is 0 Å². The fourth-order valence-electron chi connectivity index (χ4n) is 0.828. The van der Waals surface area contributed by atoms with Crippen LogP contribution < -0.4 is 4.90 Å². The Morgan fingerprint density at radius 2 is 2.23 bits per heavy atom. The highest BCUT2D eigenvalue weighted by Crippen LogP contribution is 2.28. The second-order valence-electron chi connectivity index (χ2n) is 2.51. The fourth-order valence-corrected chi connectivity index (χ4v) is 1.93. The van der Waals surface area contributed by atoms with Gasteiger partial charge < -0.3 is 15.1 Å². The predicted molar refractivity (Wildman–Crippen MR) is 53.4 cm³/mol. The Bertz CT molecular complexity index is 279. The highest BCUT2D eigenvalue weighted by Gasteiger charge is 2.10. The second kappa shape index (κ2) is 4.76. The number of anilines is 1. The van der Waals surface area contributed by atoms with E-state index in [0.717, 1.165) is 0 Å². The van der Waals surface area contributed by atoms with E-state index in [9.17, 15) is 0 Å². The van der Waals surface area contributed by atoms with E-state index in [1.165, 1.54) is 11.3 Å². The van der Waals surface area contributed by atoms with Crippen LogP contribution in [0.4, 0.5) is 5.13 Å². The molecule has 6 heteroatoms. The molecule has 0 amide bonds. The third kappa shape index (κ3) is 2.54. The number of hydrogen-bond donors (Lipinski definition) is 2. The van der Waals surface area contributed by atoms with E-state index >= 15 is 0 Å². The van der Waals surface area contributed by atoms with Gasteiger partial charge in [-0.05, 0) is 0 Å². The Balaban J connectivity index is 2.77. The van der Waals surface area contributed by atoms with Crippen LogP contribution in [0.2, 0.25) is 5.15 Å². The molecule has 13 heavy (non-hydrogen) atoms. The molecule has 0 spiro atoms. The van der Waals surface area contributed by atoms with E-state index in [4.69, 9.17) is 21.8 Å². The van der Waals surface area contributed by atoms with Gasteiger partial charge in [0.25, 0.3) is 0 Å². The van der Waals surface area contributed by atoms with Gasteiger partial charge in [0.05, 0.1) is 18.1 Å². The van der Waals surface area contributed by atoms with Crippen LogP contribution >= 0.6 is 22.9 Å². The smallest absolute Gasteiger partial charge is 0.186 e. The minimum absolute atomic E-state index is 0.0716. The number of rotatable bonds is 4. The summed E-state index contributed by atoms with van der Waals surface area (Å²) in [4.78, 5) is 6.48. The molecule has 0 fully saturated rings. The van der Waals surface area contributed by atoms with Gasteiger partial charge in [0.15, 0.2) is 5.13 Å². The molecule has 0 aliphatic heterocycles. The molecule has 74 valence electrons. The Hall–Kier alpha value is -0.360. The molecule has 1 rings (SSSR count). The predicted octanol–water partition coefficient (Wildman–Crippen LogP) is 0.717. The lowest BCUT2D eigenvalue weighted by atomic mass is 10.6. The molecule has 0 bridgehead atoms. The molecule has 0 unspecified atom stereocenters. The first-order chi connectivity index (χ1) is 6.19. The number of thiazole rings is 1. The summed E-state index contributed by atoms with van der Waals surface area (Å²) in [5, 5.41) is 18.6. The lowest BCUT2D eigenvalue weighted by Crippen LogP contribution is -2.20. The van der Waals surface area contributed by atoms with Gasteiger partial charge in [-0.1, -0.05) is 22.9 Å². The first-order valence-corrected chi connectivity index (χ1v) is 4.96. The zero-order valence-electron chi connectivity index (χ0n) is 7.20. The maximum Gasteiger partial charge on any atom is 0.186 e. The van der Waals surface area contributed by atoms with E-state index in [-0.39, 0.29) is 13.2 Å². The van der Waals surface area contributed by atoms with Crippen LogP contribution in [-0.4, -0.2) is 35.4 Å². The summed E-state index contributed by atoms with van der Waals surface area (Å²) in [6.45, 7) is 0.486. The van der Waals surface area contributed by atoms with Crippen LogP contribution in [0.5, 0.6) is 0 Å². The van der Waals surface area contributed by atoms with Crippen molar-refractivity contribution in [3.8, 4) is 0 Å². The van der Waals surface area contributed by atoms with Crippen LogP contribution in [0.15, 0.2) is 0 Å². The van der Waals surface area contributed by atoms with E-state index in [1.54, 1.807) is 4.90 Å². The third-order valence-electron chi connectivity index (χ3n) is 1.54. The van der Waals surface area contributed by atoms with Gasteiger partial charge in [-0.3, -0.25) is 0 Å². The zero-order chi connectivity index (χ0) is 9.84. The minimum atomic E-state index is -0.0938. The molecule has 1 aromatic heterocycles. The summed E-state index contributed by atoms with van der Waals surface area (Å²) in [7, 11) is 1.81. The second-order valence-corrected chi connectivity index (χ2v) is 3.93. The summed E-state index contributed by atoms with van der Waals surface area (Å²) in [5.74, 6) is 0. The summed E-state index contributed by atoms with van der Waals surface area (Å²) >= 11 is 7.07. The molecule has 2 N–H and O–H groups in total. The molecule has 1 heterocycles. The average molecular weight is 223 g/mol. The molecule has 0 radical (unpaired) electrons. The Morgan fingerprint density at radius 3 is 2.69 bits per heavy atom. The molecule has 0 aliphatic rings. The summed E-state index contributed by atoms with van der Waals surface area (Å²) in [6, 6.07) is 0. The van der Waals surface area contributed by atoms with Crippen molar-refractivity contribution >= 4 is 28.1 Å². The fraction of sp³-hybridized carbons (Fsp3) is 0.571. The van der Waals surface area contributed by atoms with Gasteiger partial charge in [-0.25, -0.2) is 4.98 Å². The Morgan fingerprint density at radius 1 is 1.54 bits per heavy atom. The standard InChI is InChI=1S/C7H11ClN2O2S/c1-10(2-3-11)7-9-6(8)5(4-12)13-7/h11-12H,2-4H2,1H3. The van der Waals surface area contributed by atoms with Gasteiger partial charge in [0.1, 0.15) is 5.15 Å². The van der Waals surface area contributed by atoms with Gasteiger partial charge in [0.2, 0.25) is 0 Å². The van der Waals surface area contributed by atoms with Crippen LogP contribution in [0.25, 0.3) is 0 Å². The number of hydrogen-bond acceptors (Lipinski definition) is 5. The molecular weight excluding hydrogens is 212 g/mol. The molecule has 4 nitrogen and oxygen atoms in total. The molecule has 0 saturated carbocycles. The SMILES string of the molecule is CN(CCO)c1nc(Cl)c(CO)s1. The zero-order valence-corrected chi connectivity index (χ0v) is 8.77. The van der Waals surface area contributed by atoms with Crippen molar-refractivity contribution in [3.63, 3.8) is 0 Å². The van der Waals surface area contributed by atoms with Crippen molar-refractivity contribution in [2.24, 2.45) is 0 Å². The summed E-state index contributed by atoms with van der Waals surface area (Å²) in [5.41, 5.74) is 0. The number of likely N-dealkylation sites (N-methyl/N-ethyl adjacent to an activating group) is 1. The maximum absolute atomic E-state index is 8.86. The van der Waals surface area contributed by atoms with Crippen molar-refractivity contribution in [1.29, 1.82) is 0 Å². The van der Waals surface area contributed by atoms with E-state index in [1.807, 2.05) is 7.05 Å². The highest BCUT2D eigenvalue weighted by molar-refractivity contribution is 7.16. The van der Waals surface area contributed by atoms with Gasteiger partial charge in [0, 0.05) is 13.6 Å². The number of halogens is 1. The molecular formula is C7H11ClN2O2S. The van der Waals surface area contributed by atoms with E-state index in [2.05, 4.69) is 4.98 Å². The maximum atomic E-state index is 8.86. The van der Waals surface area contributed by atoms with Crippen LogP contribution in [0.3, 0.4) is 0 Å². The lowest BCUT2D eigenvalue weighted by molar-refractivity contribution is 0.285. The number of aliphatic hydroxyl groups excluding tert-OH is 2. The monoisotopic (exact) mass is 222 g/mol. The Labute approximate surface area is 85.4 Å². The average Bonchev–Trinajstić information content (AvgIpc) is 2.47. The van der Waals surface area contributed by atoms with Crippen LogP contribution in [0, 0.1) is 0 Å². The molecule has 0 atom stereocenters. The van der Waals surface area contributed by atoms with Crippen molar-refractivity contribution in [1.82, 2.24) is 4.98 Å². The van der Waals surface area contributed by atoms with Gasteiger partial charge in [-0.15, -0.1) is 0 Å². The molecule has 1 aromatic rings. The van der Waals surface area contributed by atoms with Crippen LogP contribution in [0.1, 0.15) is 4.88 Å². The molecule has 0 aromatic carbocycles. The first kappa shape index (κ1) is 10.7. The van der Waals surface area contributed by atoms with Crippen molar-refractivity contribution < 1.29 is 10.2 Å². The quantitative estimate of drug-likeness (QED) is 0.788. The number of nitrogens with zero attached hydrogens (tertiary/aromatic N) is 2. The number of aromatic nitrogens is 1. The van der Waals surface area contributed by atoms with Gasteiger partial charge in [-0.2, -0.15) is 0 Å². The highest BCUT2D eigenvalue weighted by atomic mass is 35.5. The summed E-state index contributed by atoms with van der Waals surface area (Å²) < 4.78 is 0. The molecule has 0 aliphatic carbocycles. The van der Waals surface area contributed by atoms with E-state index < -0.39 is 0 Å². The van der Waals surface area contributed by atoms with Crippen molar-refractivity contribution in [2.75, 3.05) is 25.1 Å². The lowest BCUT2D eigenvalue weighted by Gasteiger charge is -2.12. The topological polar surface area (TPSA) is 56.6 Å². The minimum Gasteiger partial charge on any atom is -0.395 e. The number of aliphatic hydroxyl groups is 2. The summed E-state index contributed by atoms with van der Waals surface area (Å²) in [6.07, 6.45) is 0. The van der Waals surface area contributed by atoms with Crippen molar-refractivity contribution in [3.05, 3.63) is 10.0 Å². The first-order valence-electron chi connectivity index (χ1n) is 3.77.